The number of nitrogens with one attached hydrogen (secondary N) is 1. The Morgan fingerprint density at radius 1 is 1.34 bits per heavy atom. The van der Waals surface area contributed by atoms with Crippen LogP contribution in [0.5, 0.6) is 0 Å². The van der Waals surface area contributed by atoms with Crippen molar-refractivity contribution in [3.8, 4) is 11.4 Å². The van der Waals surface area contributed by atoms with E-state index in [1.807, 2.05) is 12.1 Å². The topological polar surface area (TPSA) is 137 Å². The van der Waals surface area contributed by atoms with Gasteiger partial charge in [0.2, 0.25) is 5.91 Å². The van der Waals surface area contributed by atoms with Crippen molar-refractivity contribution in [1.29, 1.82) is 0 Å². The van der Waals surface area contributed by atoms with Crippen LogP contribution in [0.1, 0.15) is 30.0 Å². The first-order valence-electron chi connectivity index (χ1n) is 9.97. The van der Waals surface area contributed by atoms with Gasteiger partial charge in [-0.2, -0.15) is 0 Å². The average Bonchev–Trinajstić information content (AvgIpc) is 3.13. The molecule has 0 fully saturated rings. The zero-order valence-corrected chi connectivity index (χ0v) is 18.0. The fraction of sp³-hybridized carbons (Fsp3) is 0.273. The molecule has 5 rings (SSSR count). The molecular weight excluding hydrogens is 436 g/mol. The van der Waals surface area contributed by atoms with Crippen molar-refractivity contribution in [2.75, 3.05) is 11.9 Å². The monoisotopic (exact) mass is 456 g/mol. The number of aliphatic hydroxyl groups is 1. The number of halogens is 1. The number of carbonyl (C=O) groups is 2. The summed E-state index contributed by atoms with van der Waals surface area (Å²) in [4.78, 5) is 42.0. The van der Waals surface area contributed by atoms with Gasteiger partial charge in [0.25, 0.3) is 5.56 Å². The summed E-state index contributed by atoms with van der Waals surface area (Å²) in [6, 6.07) is 8.91. The SMILES string of the molecule is CCC1(O)C(=O)OCc2c1cc1n(c2=O)Cc2cc3c(NC(=O)CN)cccc3nc2-1.Cl. The van der Waals surface area contributed by atoms with Gasteiger partial charge in [-0.1, -0.05) is 13.0 Å². The van der Waals surface area contributed by atoms with Crippen LogP contribution in [0.25, 0.3) is 22.3 Å². The summed E-state index contributed by atoms with van der Waals surface area (Å²) in [5, 5.41) is 14.4. The first kappa shape index (κ1) is 21.9. The minimum absolute atomic E-state index is 0. The fourth-order valence-electron chi connectivity index (χ4n) is 4.31. The van der Waals surface area contributed by atoms with Gasteiger partial charge in [-0.3, -0.25) is 9.59 Å². The molecule has 0 radical (unpaired) electrons. The number of hydrogen-bond donors (Lipinski definition) is 3. The van der Waals surface area contributed by atoms with Crippen LogP contribution in [0.4, 0.5) is 5.69 Å². The van der Waals surface area contributed by atoms with Crippen molar-refractivity contribution in [2.24, 2.45) is 5.73 Å². The molecule has 4 N–H and O–H groups in total. The fourth-order valence-corrected chi connectivity index (χ4v) is 4.31. The van der Waals surface area contributed by atoms with Crippen molar-refractivity contribution in [3.63, 3.8) is 0 Å². The Balaban J connectivity index is 0.00000245. The summed E-state index contributed by atoms with van der Waals surface area (Å²) in [5.41, 5.74) is 6.96. The third-order valence-corrected chi connectivity index (χ3v) is 6.01. The summed E-state index contributed by atoms with van der Waals surface area (Å²) in [6.07, 6.45) is 0.0872. The Hall–Kier alpha value is -3.27. The number of benzene rings is 1. The van der Waals surface area contributed by atoms with E-state index < -0.39 is 11.6 Å². The molecule has 10 heteroatoms. The van der Waals surface area contributed by atoms with Crippen molar-refractivity contribution in [2.45, 2.75) is 32.1 Å². The molecule has 0 saturated heterocycles. The number of hydrogen-bond acceptors (Lipinski definition) is 7. The van der Waals surface area contributed by atoms with E-state index in [9.17, 15) is 19.5 Å². The molecule has 2 aromatic heterocycles. The highest BCUT2D eigenvalue weighted by Gasteiger charge is 2.45. The second kappa shape index (κ2) is 7.70. The molecule has 1 atom stereocenters. The van der Waals surface area contributed by atoms with Gasteiger partial charge in [-0.15, -0.1) is 12.4 Å². The normalized spacial score (nSPS) is 18.3. The van der Waals surface area contributed by atoms with Crippen LogP contribution in [0.15, 0.2) is 35.1 Å². The highest BCUT2D eigenvalue weighted by molar-refractivity contribution is 6.02. The quantitative estimate of drug-likeness (QED) is 0.396. The number of pyridine rings is 2. The first-order chi connectivity index (χ1) is 14.9. The van der Waals surface area contributed by atoms with Gasteiger partial charge in [-0.25, -0.2) is 9.78 Å². The summed E-state index contributed by atoms with van der Waals surface area (Å²) in [7, 11) is 0. The number of rotatable bonds is 3. The first-order valence-corrected chi connectivity index (χ1v) is 9.97. The lowest BCUT2D eigenvalue weighted by Gasteiger charge is -2.31. The number of fused-ring (bicyclic) bond motifs is 5. The van der Waals surface area contributed by atoms with Crippen LogP contribution in [-0.4, -0.2) is 33.1 Å². The molecule has 2 aliphatic rings. The average molecular weight is 457 g/mol. The molecule has 4 heterocycles. The molecule has 32 heavy (non-hydrogen) atoms. The van der Waals surface area contributed by atoms with Gasteiger partial charge < -0.3 is 25.5 Å². The zero-order valence-electron chi connectivity index (χ0n) is 17.2. The Morgan fingerprint density at radius 3 is 2.84 bits per heavy atom. The highest BCUT2D eigenvalue weighted by Crippen LogP contribution is 2.39. The van der Waals surface area contributed by atoms with E-state index >= 15 is 0 Å². The molecule has 1 aromatic carbocycles. The smallest absolute Gasteiger partial charge is 0.343 e. The number of anilines is 1. The van der Waals surface area contributed by atoms with E-state index in [1.54, 1.807) is 29.7 Å². The summed E-state index contributed by atoms with van der Waals surface area (Å²) >= 11 is 0. The number of ether oxygens (including phenoxy) is 1. The van der Waals surface area contributed by atoms with Gasteiger partial charge >= 0.3 is 5.97 Å². The largest absolute Gasteiger partial charge is 0.458 e. The second-order valence-corrected chi connectivity index (χ2v) is 7.72. The number of carbonyl (C=O) groups excluding carboxylic acids is 2. The maximum atomic E-state index is 13.2. The van der Waals surface area contributed by atoms with E-state index in [0.717, 1.165) is 10.9 Å². The molecular formula is C22H21ClN4O5. The number of aromatic nitrogens is 2. The van der Waals surface area contributed by atoms with Crippen LogP contribution >= 0.6 is 12.4 Å². The minimum atomic E-state index is -1.86. The molecule has 166 valence electrons. The Kier molecular flexibility index (Phi) is 5.28. The van der Waals surface area contributed by atoms with Crippen molar-refractivity contribution in [3.05, 3.63) is 57.4 Å². The van der Waals surface area contributed by atoms with Crippen LogP contribution in [0, 0.1) is 0 Å². The van der Waals surface area contributed by atoms with Gasteiger partial charge in [0.05, 0.1) is 41.2 Å². The predicted molar refractivity (Wildman–Crippen MR) is 119 cm³/mol. The number of esters is 1. The maximum absolute atomic E-state index is 13.2. The number of amides is 1. The number of nitrogens with two attached hydrogens (primary N) is 1. The van der Waals surface area contributed by atoms with E-state index in [1.165, 1.54) is 0 Å². The standard InChI is InChI=1S/C22H20N4O5.ClH/c1-2-22(30)14-7-17-19-11(9-26(17)20(28)13(14)10-31-21(22)29)6-12-15(24-18(27)8-23)4-3-5-16(12)25-19;/h3-7,30H,2,8-10,23H2,1H3,(H,24,27);1H. The molecule has 2 aliphatic heterocycles. The number of nitrogens with zero attached hydrogens (tertiary/aromatic N) is 2. The van der Waals surface area contributed by atoms with Gasteiger partial charge in [0, 0.05) is 16.5 Å². The Labute approximate surface area is 188 Å². The van der Waals surface area contributed by atoms with Crippen LogP contribution in [0.2, 0.25) is 0 Å². The van der Waals surface area contributed by atoms with Gasteiger partial charge in [-0.05, 0) is 30.7 Å². The Bertz CT molecular complexity index is 1350. The highest BCUT2D eigenvalue weighted by atomic mass is 35.5. The molecule has 0 aliphatic carbocycles. The lowest BCUT2D eigenvalue weighted by atomic mass is 9.86. The molecule has 9 nitrogen and oxygen atoms in total. The van der Waals surface area contributed by atoms with E-state index in [-0.39, 0.29) is 61.1 Å². The zero-order chi connectivity index (χ0) is 21.9. The third kappa shape index (κ3) is 3.01. The lowest BCUT2D eigenvalue weighted by Crippen LogP contribution is -2.44. The van der Waals surface area contributed by atoms with Crippen molar-refractivity contribution < 1.29 is 19.4 Å². The molecule has 0 saturated carbocycles. The molecule has 0 spiro atoms. The third-order valence-electron chi connectivity index (χ3n) is 6.01. The van der Waals surface area contributed by atoms with E-state index in [4.69, 9.17) is 15.5 Å². The Morgan fingerprint density at radius 2 is 2.12 bits per heavy atom. The predicted octanol–water partition coefficient (Wildman–Crippen LogP) is 1.40. The van der Waals surface area contributed by atoms with Crippen molar-refractivity contribution >= 4 is 40.9 Å². The summed E-state index contributed by atoms with van der Waals surface area (Å²) in [6.45, 7) is 1.65. The van der Waals surface area contributed by atoms with E-state index in [2.05, 4.69) is 5.32 Å². The molecule has 1 unspecified atom stereocenters. The summed E-state index contributed by atoms with van der Waals surface area (Å²) in [5.74, 6) is -1.07. The second-order valence-electron chi connectivity index (χ2n) is 7.72. The molecule has 3 aromatic rings. The van der Waals surface area contributed by atoms with Gasteiger partial charge in [0.1, 0.15) is 6.61 Å². The van der Waals surface area contributed by atoms with Crippen molar-refractivity contribution in [1.82, 2.24) is 9.55 Å². The molecule has 1 amide bonds. The molecule has 0 bridgehead atoms. The van der Waals surface area contributed by atoms with Crippen LogP contribution in [0.3, 0.4) is 0 Å². The number of cyclic esters (lactones) is 1. The lowest BCUT2D eigenvalue weighted by molar-refractivity contribution is -0.172. The van der Waals surface area contributed by atoms with Crippen LogP contribution < -0.4 is 16.6 Å². The maximum Gasteiger partial charge on any atom is 0.343 e. The van der Waals surface area contributed by atoms with E-state index in [0.29, 0.717) is 22.6 Å². The van der Waals surface area contributed by atoms with Gasteiger partial charge in [0.15, 0.2) is 5.60 Å². The van der Waals surface area contributed by atoms with Crippen LogP contribution in [-0.2, 0) is 33.1 Å². The summed E-state index contributed by atoms with van der Waals surface area (Å²) < 4.78 is 6.66. The minimum Gasteiger partial charge on any atom is -0.458 e.